The summed E-state index contributed by atoms with van der Waals surface area (Å²) >= 11 is 0. The summed E-state index contributed by atoms with van der Waals surface area (Å²) < 4.78 is 0. The first kappa shape index (κ1) is 25.1. The zero-order valence-corrected chi connectivity index (χ0v) is 20.5. The number of β-amino-alcohol motifs (C(OH)–C–C–N with tert-alkyl or cyclic N) is 1. The second-order valence-corrected chi connectivity index (χ2v) is 8.97. The first-order valence-electron chi connectivity index (χ1n) is 12.2. The molecule has 7 heteroatoms. The Morgan fingerprint density at radius 2 is 1.42 bits per heavy atom. The smallest absolute Gasteiger partial charge is 0.325 e. The number of nitrogens with one attached hydrogen (secondary N) is 2. The van der Waals surface area contributed by atoms with E-state index in [0.717, 1.165) is 17.7 Å². The Balaban J connectivity index is 1.54. The van der Waals surface area contributed by atoms with Crippen LogP contribution in [0, 0.1) is 5.92 Å². The molecule has 36 heavy (non-hydrogen) atoms. The van der Waals surface area contributed by atoms with Crippen LogP contribution in [0.3, 0.4) is 0 Å². The van der Waals surface area contributed by atoms with Crippen molar-refractivity contribution in [2.24, 2.45) is 5.92 Å². The largest absolute Gasteiger partial charge is 0.387 e. The van der Waals surface area contributed by atoms with Crippen LogP contribution in [0.25, 0.3) is 0 Å². The first-order valence-corrected chi connectivity index (χ1v) is 12.2. The molecule has 1 unspecified atom stereocenters. The Morgan fingerprint density at radius 3 is 1.92 bits per heavy atom. The summed E-state index contributed by atoms with van der Waals surface area (Å²) in [4.78, 5) is 40.2. The van der Waals surface area contributed by atoms with Crippen LogP contribution < -0.4 is 10.6 Å². The molecular weight excluding hydrogens is 454 g/mol. The molecule has 1 saturated heterocycles. The summed E-state index contributed by atoms with van der Waals surface area (Å²) in [5, 5.41) is 16.7. The van der Waals surface area contributed by atoms with Crippen LogP contribution in [-0.4, -0.2) is 34.4 Å². The van der Waals surface area contributed by atoms with E-state index in [4.69, 9.17) is 0 Å². The average molecular weight is 486 g/mol. The highest BCUT2D eigenvalue weighted by atomic mass is 16.3. The number of hydrogen-bond acceptors (Lipinski definition) is 4. The van der Waals surface area contributed by atoms with Gasteiger partial charge in [-0.15, -0.1) is 0 Å². The van der Waals surface area contributed by atoms with Gasteiger partial charge in [0.2, 0.25) is 5.91 Å². The van der Waals surface area contributed by atoms with Gasteiger partial charge in [-0.25, -0.2) is 4.79 Å². The van der Waals surface area contributed by atoms with Gasteiger partial charge in [0.25, 0.3) is 5.91 Å². The number of rotatable bonds is 9. The van der Waals surface area contributed by atoms with Gasteiger partial charge in [0.1, 0.15) is 0 Å². The highest BCUT2D eigenvalue weighted by Gasteiger charge is 2.53. The van der Waals surface area contributed by atoms with Crippen LogP contribution in [0.5, 0.6) is 0 Å². The molecule has 3 aromatic carbocycles. The van der Waals surface area contributed by atoms with Crippen molar-refractivity contribution >= 4 is 23.5 Å². The normalized spacial score (nSPS) is 15.6. The zero-order chi connectivity index (χ0) is 25.7. The fourth-order valence-corrected chi connectivity index (χ4v) is 4.65. The summed E-state index contributed by atoms with van der Waals surface area (Å²) in [5.74, 6) is -0.534. The number of aliphatic hydroxyl groups is 1. The van der Waals surface area contributed by atoms with Crippen LogP contribution >= 0.6 is 0 Å². The van der Waals surface area contributed by atoms with Gasteiger partial charge in [-0.1, -0.05) is 86.6 Å². The Labute approximate surface area is 211 Å². The second kappa shape index (κ2) is 10.7. The predicted molar refractivity (Wildman–Crippen MR) is 138 cm³/mol. The van der Waals surface area contributed by atoms with Gasteiger partial charge < -0.3 is 15.7 Å². The van der Waals surface area contributed by atoms with Crippen molar-refractivity contribution in [1.29, 1.82) is 0 Å². The molecule has 0 saturated carbocycles. The van der Waals surface area contributed by atoms with E-state index in [9.17, 15) is 19.5 Å². The molecule has 4 amide bonds. The molecule has 0 aromatic heterocycles. The zero-order valence-electron chi connectivity index (χ0n) is 20.5. The topological polar surface area (TPSA) is 98.7 Å². The number of hydrogen-bond donors (Lipinski definition) is 3. The molecule has 0 aliphatic carbocycles. The fourth-order valence-electron chi connectivity index (χ4n) is 4.65. The SMILES string of the molecule is CCC(CC)C(=O)Nc1ccc(C(O)CN2C(=O)NC(c3ccccc3)(c3ccccc3)C2=O)cc1. The third-order valence-electron chi connectivity index (χ3n) is 6.79. The average Bonchev–Trinajstić information content (AvgIpc) is 3.16. The van der Waals surface area contributed by atoms with E-state index in [1.54, 1.807) is 48.5 Å². The second-order valence-electron chi connectivity index (χ2n) is 8.97. The highest BCUT2D eigenvalue weighted by molar-refractivity contribution is 6.09. The van der Waals surface area contributed by atoms with Crippen molar-refractivity contribution < 1.29 is 19.5 Å². The maximum atomic E-state index is 13.8. The third kappa shape index (κ3) is 4.75. The molecule has 0 radical (unpaired) electrons. The lowest BCUT2D eigenvalue weighted by Crippen LogP contribution is -2.45. The quantitative estimate of drug-likeness (QED) is 0.386. The molecule has 0 spiro atoms. The minimum absolute atomic E-state index is 0.0363. The van der Waals surface area contributed by atoms with E-state index in [1.165, 1.54) is 0 Å². The molecule has 1 atom stereocenters. The van der Waals surface area contributed by atoms with E-state index in [0.29, 0.717) is 22.4 Å². The molecule has 1 fully saturated rings. The van der Waals surface area contributed by atoms with Crippen molar-refractivity contribution in [3.05, 3.63) is 102 Å². The number of amides is 4. The lowest BCUT2D eigenvalue weighted by Gasteiger charge is -2.28. The van der Waals surface area contributed by atoms with Crippen LogP contribution in [0.1, 0.15) is 49.5 Å². The van der Waals surface area contributed by atoms with Gasteiger partial charge in [0.15, 0.2) is 5.54 Å². The van der Waals surface area contributed by atoms with Gasteiger partial charge in [0, 0.05) is 11.6 Å². The van der Waals surface area contributed by atoms with Crippen molar-refractivity contribution in [1.82, 2.24) is 10.2 Å². The molecule has 4 rings (SSSR count). The van der Waals surface area contributed by atoms with E-state index >= 15 is 0 Å². The van der Waals surface area contributed by atoms with Gasteiger partial charge in [0.05, 0.1) is 12.6 Å². The highest BCUT2D eigenvalue weighted by Crippen LogP contribution is 2.36. The molecule has 3 aromatic rings. The van der Waals surface area contributed by atoms with E-state index < -0.39 is 23.6 Å². The number of anilines is 1. The number of carbonyl (C=O) groups excluding carboxylic acids is 3. The maximum absolute atomic E-state index is 13.8. The Hall–Kier alpha value is -3.97. The van der Waals surface area contributed by atoms with Crippen molar-refractivity contribution in [3.63, 3.8) is 0 Å². The summed E-state index contributed by atoms with van der Waals surface area (Å²) in [5.41, 5.74) is 1.08. The van der Waals surface area contributed by atoms with Crippen LogP contribution in [-0.2, 0) is 15.1 Å². The first-order chi connectivity index (χ1) is 17.4. The Morgan fingerprint density at radius 1 is 0.889 bits per heavy atom. The van der Waals surface area contributed by atoms with Crippen molar-refractivity contribution in [3.8, 4) is 0 Å². The third-order valence-corrected chi connectivity index (χ3v) is 6.79. The molecular formula is C29H31N3O4. The lowest BCUT2D eigenvalue weighted by molar-refractivity contribution is -0.131. The maximum Gasteiger partial charge on any atom is 0.325 e. The summed E-state index contributed by atoms with van der Waals surface area (Å²) in [7, 11) is 0. The van der Waals surface area contributed by atoms with Gasteiger partial charge >= 0.3 is 6.03 Å². The van der Waals surface area contributed by atoms with Crippen molar-refractivity contribution in [2.45, 2.75) is 38.3 Å². The van der Waals surface area contributed by atoms with E-state index in [2.05, 4.69) is 10.6 Å². The number of aliphatic hydroxyl groups excluding tert-OH is 1. The van der Waals surface area contributed by atoms with Gasteiger partial charge in [-0.2, -0.15) is 0 Å². The fraction of sp³-hybridized carbons (Fsp3) is 0.276. The molecule has 3 N–H and O–H groups in total. The number of imide groups is 1. The Kier molecular flexibility index (Phi) is 7.50. The molecule has 1 heterocycles. The molecule has 0 bridgehead atoms. The van der Waals surface area contributed by atoms with Crippen molar-refractivity contribution in [2.75, 3.05) is 11.9 Å². The molecule has 1 aliphatic heterocycles. The van der Waals surface area contributed by atoms with E-state index in [1.807, 2.05) is 50.2 Å². The number of benzene rings is 3. The van der Waals surface area contributed by atoms with Gasteiger partial charge in [-0.05, 0) is 41.7 Å². The number of nitrogens with zero attached hydrogens (tertiary/aromatic N) is 1. The minimum atomic E-state index is -1.37. The summed E-state index contributed by atoms with van der Waals surface area (Å²) in [6, 6.07) is 24.4. The standard InChI is InChI=1S/C29H31N3O4/c1-3-20(4-2)26(34)30-24-17-15-21(16-18-24)25(33)19-32-27(35)29(31-28(32)36,22-11-7-5-8-12-22)23-13-9-6-10-14-23/h5-18,20,25,33H,3-4,19H2,1-2H3,(H,30,34)(H,31,36). The van der Waals surface area contributed by atoms with Gasteiger partial charge in [-0.3, -0.25) is 14.5 Å². The Bertz CT molecular complexity index is 1170. The van der Waals surface area contributed by atoms with Crippen LogP contribution in [0.15, 0.2) is 84.9 Å². The molecule has 7 nitrogen and oxygen atoms in total. The minimum Gasteiger partial charge on any atom is -0.387 e. The molecule has 186 valence electrons. The number of carbonyl (C=O) groups is 3. The van der Waals surface area contributed by atoms with Crippen LogP contribution in [0.4, 0.5) is 10.5 Å². The van der Waals surface area contributed by atoms with Crippen LogP contribution in [0.2, 0.25) is 0 Å². The monoisotopic (exact) mass is 485 g/mol. The predicted octanol–water partition coefficient (Wildman–Crippen LogP) is 4.59. The van der Waals surface area contributed by atoms with E-state index in [-0.39, 0.29) is 18.4 Å². The number of urea groups is 1. The lowest BCUT2D eigenvalue weighted by atomic mass is 9.82. The molecule has 1 aliphatic rings. The summed E-state index contributed by atoms with van der Waals surface area (Å²) in [6.45, 7) is 3.76. The summed E-state index contributed by atoms with van der Waals surface area (Å²) in [6.07, 6.45) is 0.433.